The summed E-state index contributed by atoms with van der Waals surface area (Å²) >= 11 is 0. The standard InChI is InChI=1S/C10H18N4O2S/c1-4-8-10-13-12-9(7(2)17(3,15)16)14(10)6-5-11-8/h7-8,11H,4-6H2,1-3H3. The molecule has 1 N–H and O–H groups in total. The lowest BCUT2D eigenvalue weighted by Gasteiger charge is -2.24. The van der Waals surface area contributed by atoms with E-state index in [1.165, 1.54) is 6.26 Å². The predicted octanol–water partition coefficient (Wildman–Crippen LogP) is 0.438. The first-order chi connectivity index (χ1) is 7.95. The Hall–Kier alpha value is -0.950. The lowest BCUT2D eigenvalue weighted by Crippen LogP contribution is -2.34. The maximum absolute atomic E-state index is 11.6. The molecule has 2 atom stereocenters. The van der Waals surface area contributed by atoms with Crippen LogP contribution in [0.1, 0.15) is 43.2 Å². The Bertz CT molecular complexity index is 508. The molecule has 0 aromatic carbocycles. The summed E-state index contributed by atoms with van der Waals surface area (Å²) < 4.78 is 25.1. The van der Waals surface area contributed by atoms with Crippen molar-refractivity contribution in [1.82, 2.24) is 20.1 Å². The molecule has 1 aliphatic rings. The quantitative estimate of drug-likeness (QED) is 0.851. The number of rotatable bonds is 3. The molecule has 0 aliphatic carbocycles. The number of fused-ring (bicyclic) bond motifs is 1. The summed E-state index contributed by atoms with van der Waals surface area (Å²) in [6.45, 7) is 5.29. The van der Waals surface area contributed by atoms with E-state index in [1.54, 1.807) is 6.92 Å². The fourth-order valence-electron chi connectivity index (χ4n) is 2.08. The Morgan fingerprint density at radius 3 is 2.82 bits per heavy atom. The molecule has 0 amide bonds. The van der Waals surface area contributed by atoms with Gasteiger partial charge in [-0.3, -0.25) is 0 Å². The van der Waals surface area contributed by atoms with Gasteiger partial charge in [-0.2, -0.15) is 0 Å². The molecular weight excluding hydrogens is 240 g/mol. The van der Waals surface area contributed by atoms with Crippen LogP contribution in [0.5, 0.6) is 0 Å². The maximum atomic E-state index is 11.6. The molecule has 0 saturated heterocycles. The zero-order chi connectivity index (χ0) is 12.6. The van der Waals surface area contributed by atoms with Crippen molar-refractivity contribution in [3.8, 4) is 0 Å². The summed E-state index contributed by atoms with van der Waals surface area (Å²) in [6, 6.07) is 0.178. The normalized spacial score (nSPS) is 22.2. The average Bonchev–Trinajstić information content (AvgIpc) is 2.69. The summed E-state index contributed by atoms with van der Waals surface area (Å²) in [6.07, 6.45) is 2.16. The maximum Gasteiger partial charge on any atom is 0.157 e. The second-order valence-electron chi connectivity index (χ2n) is 4.45. The van der Waals surface area contributed by atoms with E-state index >= 15 is 0 Å². The van der Waals surface area contributed by atoms with E-state index in [1.807, 2.05) is 4.57 Å². The van der Waals surface area contributed by atoms with Gasteiger partial charge in [-0.15, -0.1) is 10.2 Å². The smallest absolute Gasteiger partial charge is 0.157 e. The van der Waals surface area contributed by atoms with Gasteiger partial charge in [0.25, 0.3) is 0 Å². The fourth-order valence-corrected chi connectivity index (χ4v) is 2.63. The van der Waals surface area contributed by atoms with Gasteiger partial charge in [0.05, 0.1) is 6.04 Å². The monoisotopic (exact) mass is 258 g/mol. The predicted molar refractivity (Wildman–Crippen MR) is 64.3 cm³/mol. The van der Waals surface area contributed by atoms with Crippen molar-refractivity contribution >= 4 is 9.84 Å². The molecule has 17 heavy (non-hydrogen) atoms. The lowest BCUT2D eigenvalue weighted by atomic mass is 10.2. The SMILES string of the molecule is CCC1NCCn2c1nnc2C(C)S(C)(=O)=O. The van der Waals surface area contributed by atoms with Gasteiger partial charge in [0, 0.05) is 19.3 Å². The van der Waals surface area contributed by atoms with Crippen LogP contribution in [0.2, 0.25) is 0 Å². The van der Waals surface area contributed by atoms with E-state index in [0.717, 1.165) is 25.3 Å². The van der Waals surface area contributed by atoms with Crippen molar-refractivity contribution in [3.63, 3.8) is 0 Å². The van der Waals surface area contributed by atoms with Crippen molar-refractivity contribution in [3.05, 3.63) is 11.6 Å². The van der Waals surface area contributed by atoms with E-state index in [9.17, 15) is 8.42 Å². The van der Waals surface area contributed by atoms with E-state index in [0.29, 0.717) is 5.82 Å². The van der Waals surface area contributed by atoms with Crippen LogP contribution in [0.15, 0.2) is 0 Å². The zero-order valence-electron chi connectivity index (χ0n) is 10.3. The summed E-state index contributed by atoms with van der Waals surface area (Å²) in [7, 11) is -3.13. The van der Waals surface area contributed by atoms with Gasteiger partial charge < -0.3 is 9.88 Å². The third-order valence-electron chi connectivity index (χ3n) is 3.26. The first-order valence-electron chi connectivity index (χ1n) is 5.80. The second kappa shape index (κ2) is 4.38. The number of nitrogens with zero attached hydrogens (tertiary/aromatic N) is 3. The van der Waals surface area contributed by atoms with E-state index < -0.39 is 15.1 Å². The molecule has 2 rings (SSSR count). The molecule has 2 unspecified atom stereocenters. The molecule has 0 spiro atoms. The molecule has 1 aromatic rings. The summed E-state index contributed by atoms with van der Waals surface area (Å²) in [5.74, 6) is 1.41. The highest BCUT2D eigenvalue weighted by Gasteiger charge is 2.29. The minimum atomic E-state index is -3.13. The first kappa shape index (κ1) is 12.5. The van der Waals surface area contributed by atoms with Crippen LogP contribution in [0.25, 0.3) is 0 Å². The number of aromatic nitrogens is 3. The van der Waals surface area contributed by atoms with Gasteiger partial charge in [0.1, 0.15) is 11.1 Å². The van der Waals surface area contributed by atoms with Gasteiger partial charge in [0.2, 0.25) is 0 Å². The van der Waals surface area contributed by atoms with Gasteiger partial charge in [0.15, 0.2) is 15.7 Å². The minimum absolute atomic E-state index is 0.178. The molecule has 6 nitrogen and oxygen atoms in total. The number of nitrogens with one attached hydrogen (secondary N) is 1. The van der Waals surface area contributed by atoms with Crippen molar-refractivity contribution in [2.45, 2.75) is 38.1 Å². The molecular formula is C10H18N4O2S. The molecule has 0 saturated carbocycles. The highest BCUT2D eigenvalue weighted by atomic mass is 32.2. The van der Waals surface area contributed by atoms with Crippen LogP contribution >= 0.6 is 0 Å². The van der Waals surface area contributed by atoms with Crippen LogP contribution in [0, 0.1) is 0 Å². The Labute approximate surface area is 101 Å². The topological polar surface area (TPSA) is 76.9 Å². The van der Waals surface area contributed by atoms with Crippen LogP contribution in [-0.4, -0.2) is 36.0 Å². The second-order valence-corrected chi connectivity index (χ2v) is 6.82. The molecule has 1 aliphatic heterocycles. The third-order valence-corrected chi connectivity index (χ3v) is 4.76. The van der Waals surface area contributed by atoms with Gasteiger partial charge >= 0.3 is 0 Å². The van der Waals surface area contributed by atoms with Crippen LogP contribution in [-0.2, 0) is 16.4 Å². The number of hydrogen-bond donors (Lipinski definition) is 1. The Kier molecular flexibility index (Phi) is 3.22. The molecule has 2 heterocycles. The molecule has 0 radical (unpaired) electrons. The van der Waals surface area contributed by atoms with Crippen molar-refractivity contribution < 1.29 is 8.42 Å². The van der Waals surface area contributed by atoms with E-state index in [2.05, 4.69) is 22.4 Å². The molecule has 0 bridgehead atoms. The third kappa shape index (κ3) is 2.21. The lowest BCUT2D eigenvalue weighted by molar-refractivity contribution is 0.399. The highest BCUT2D eigenvalue weighted by molar-refractivity contribution is 7.90. The number of sulfone groups is 1. The fraction of sp³-hybridized carbons (Fsp3) is 0.800. The molecule has 96 valence electrons. The average molecular weight is 258 g/mol. The number of hydrogen-bond acceptors (Lipinski definition) is 5. The Morgan fingerprint density at radius 1 is 1.53 bits per heavy atom. The van der Waals surface area contributed by atoms with Gasteiger partial charge in [-0.05, 0) is 13.3 Å². The van der Waals surface area contributed by atoms with E-state index in [-0.39, 0.29) is 6.04 Å². The van der Waals surface area contributed by atoms with Crippen LogP contribution in [0.3, 0.4) is 0 Å². The van der Waals surface area contributed by atoms with Crippen LogP contribution in [0.4, 0.5) is 0 Å². The molecule has 7 heteroatoms. The summed E-state index contributed by atoms with van der Waals surface area (Å²) in [5.41, 5.74) is 0. The Morgan fingerprint density at radius 2 is 2.24 bits per heavy atom. The first-order valence-corrected chi connectivity index (χ1v) is 7.75. The Balaban J connectivity index is 2.42. The summed E-state index contributed by atoms with van der Waals surface area (Å²) in [4.78, 5) is 0. The summed E-state index contributed by atoms with van der Waals surface area (Å²) in [5, 5.41) is 10.9. The van der Waals surface area contributed by atoms with Crippen LogP contribution < -0.4 is 5.32 Å². The van der Waals surface area contributed by atoms with Crippen molar-refractivity contribution in [2.75, 3.05) is 12.8 Å². The van der Waals surface area contributed by atoms with Crippen molar-refractivity contribution in [2.24, 2.45) is 0 Å². The highest BCUT2D eigenvalue weighted by Crippen LogP contribution is 2.25. The van der Waals surface area contributed by atoms with Gasteiger partial charge in [-0.25, -0.2) is 8.42 Å². The van der Waals surface area contributed by atoms with Gasteiger partial charge in [-0.1, -0.05) is 6.92 Å². The molecule has 0 fully saturated rings. The minimum Gasteiger partial charge on any atom is -0.311 e. The van der Waals surface area contributed by atoms with E-state index in [4.69, 9.17) is 0 Å². The molecule has 1 aromatic heterocycles. The largest absolute Gasteiger partial charge is 0.311 e. The van der Waals surface area contributed by atoms with Crippen molar-refractivity contribution in [1.29, 1.82) is 0 Å². The zero-order valence-corrected chi connectivity index (χ0v) is 11.2.